The molecule has 2 rings (SSSR count). The zero-order chi connectivity index (χ0) is 16.1. The lowest BCUT2D eigenvalue weighted by Crippen LogP contribution is -3.00. The summed E-state index contributed by atoms with van der Waals surface area (Å²) in [5, 5.41) is 25.5. The molecule has 1 aromatic heterocycles. The van der Waals surface area contributed by atoms with Gasteiger partial charge in [-0.1, -0.05) is 5.16 Å². The first-order chi connectivity index (χ1) is 10.5. The zero-order valence-electron chi connectivity index (χ0n) is 11.8. The summed E-state index contributed by atoms with van der Waals surface area (Å²) in [4.78, 5) is 25.1. The number of benzene rings is 1. The summed E-state index contributed by atoms with van der Waals surface area (Å²) in [5.41, 5.74) is 0.161. The molecule has 0 aliphatic rings. The molecule has 0 aliphatic heterocycles. The molecule has 120 valence electrons. The molecule has 2 aromatic rings. The van der Waals surface area contributed by atoms with Crippen molar-refractivity contribution in [2.75, 3.05) is 7.11 Å². The highest BCUT2D eigenvalue weighted by Crippen LogP contribution is 2.24. The number of halogens is 1. The van der Waals surface area contributed by atoms with E-state index in [1.54, 1.807) is 24.5 Å². The Kier molecular flexibility index (Phi) is 6.10. The third kappa shape index (κ3) is 4.20. The fourth-order valence-corrected chi connectivity index (χ4v) is 1.82. The van der Waals surface area contributed by atoms with Crippen LogP contribution >= 0.6 is 0 Å². The molecule has 0 atom stereocenters. The Morgan fingerprint density at radius 2 is 1.96 bits per heavy atom. The molecular weight excluding hydrogens is 328 g/mol. The van der Waals surface area contributed by atoms with Crippen LogP contribution in [0.5, 0.6) is 0 Å². The van der Waals surface area contributed by atoms with Gasteiger partial charge in [0, 0.05) is 18.2 Å². The summed E-state index contributed by atoms with van der Waals surface area (Å²) >= 11 is 0. The van der Waals surface area contributed by atoms with Gasteiger partial charge in [0.25, 0.3) is 11.4 Å². The van der Waals surface area contributed by atoms with E-state index in [9.17, 15) is 20.2 Å². The number of pyridine rings is 1. The van der Waals surface area contributed by atoms with E-state index in [1.165, 1.54) is 30.0 Å². The van der Waals surface area contributed by atoms with E-state index in [0.717, 1.165) is 6.07 Å². The summed E-state index contributed by atoms with van der Waals surface area (Å²) in [6.45, 7) is 0. The largest absolute Gasteiger partial charge is 1.00 e. The molecular formula is C13H11ClN4O5. The van der Waals surface area contributed by atoms with Crippen LogP contribution in [0.3, 0.4) is 0 Å². The standard InChI is InChI=1S/C13H11N4O5.ClH/c1-22-14-8-10-3-2-6-15(9-10)12-5-4-11(16(18)19)7-13(12)17(20)21;/h2-9H,1H3;1H/q+1;/p-1. The highest BCUT2D eigenvalue weighted by atomic mass is 35.5. The lowest BCUT2D eigenvalue weighted by atomic mass is 10.2. The van der Waals surface area contributed by atoms with Crippen molar-refractivity contribution in [3.05, 3.63) is 68.5 Å². The van der Waals surface area contributed by atoms with Crippen LogP contribution < -0.4 is 17.0 Å². The Morgan fingerprint density at radius 3 is 2.57 bits per heavy atom. The molecule has 0 radical (unpaired) electrons. The molecule has 0 aliphatic carbocycles. The first-order valence-electron chi connectivity index (χ1n) is 6.04. The second-order valence-corrected chi connectivity index (χ2v) is 4.15. The smallest absolute Gasteiger partial charge is 0.347 e. The fraction of sp³-hybridized carbons (Fsp3) is 0.0769. The molecule has 0 unspecified atom stereocenters. The average Bonchev–Trinajstić information content (AvgIpc) is 2.52. The molecule has 1 aromatic carbocycles. The van der Waals surface area contributed by atoms with Gasteiger partial charge < -0.3 is 17.2 Å². The van der Waals surface area contributed by atoms with Crippen molar-refractivity contribution in [2.45, 2.75) is 0 Å². The minimum atomic E-state index is -0.677. The van der Waals surface area contributed by atoms with Crippen molar-refractivity contribution in [1.29, 1.82) is 0 Å². The van der Waals surface area contributed by atoms with Gasteiger partial charge in [-0.25, -0.2) is 0 Å². The maximum absolute atomic E-state index is 11.2. The van der Waals surface area contributed by atoms with E-state index < -0.39 is 9.85 Å². The summed E-state index contributed by atoms with van der Waals surface area (Å²) < 4.78 is 1.48. The van der Waals surface area contributed by atoms with Crippen molar-refractivity contribution in [3.63, 3.8) is 0 Å². The van der Waals surface area contributed by atoms with Crippen LogP contribution in [0.25, 0.3) is 5.69 Å². The van der Waals surface area contributed by atoms with Gasteiger partial charge in [-0.15, -0.1) is 0 Å². The van der Waals surface area contributed by atoms with Gasteiger partial charge in [0.15, 0.2) is 12.4 Å². The fourth-order valence-electron chi connectivity index (χ4n) is 1.82. The highest BCUT2D eigenvalue weighted by molar-refractivity contribution is 5.78. The molecule has 23 heavy (non-hydrogen) atoms. The van der Waals surface area contributed by atoms with Crippen molar-refractivity contribution >= 4 is 17.6 Å². The van der Waals surface area contributed by atoms with Crippen LogP contribution in [0.15, 0.2) is 47.9 Å². The Bertz CT molecular complexity index is 766. The number of nitrogens with zero attached hydrogens (tertiary/aromatic N) is 4. The Morgan fingerprint density at radius 1 is 1.22 bits per heavy atom. The molecule has 0 saturated heterocycles. The maximum Gasteiger partial charge on any atom is 0.347 e. The van der Waals surface area contributed by atoms with E-state index in [1.807, 2.05) is 0 Å². The normalized spacial score (nSPS) is 10.1. The molecule has 0 saturated carbocycles. The van der Waals surface area contributed by atoms with Crippen LogP contribution in [0.2, 0.25) is 0 Å². The van der Waals surface area contributed by atoms with Gasteiger partial charge in [0.2, 0.25) is 0 Å². The summed E-state index contributed by atoms with van der Waals surface area (Å²) in [5.74, 6) is 0. The molecule has 10 heteroatoms. The molecule has 0 fully saturated rings. The average molecular weight is 339 g/mol. The van der Waals surface area contributed by atoms with Crippen LogP contribution in [-0.4, -0.2) is 23.2 Å². The minimum absolute atomic E-state index is 0. The lowest BCUT2D eigenvalue weighted by Gasteiger charge is -1.99. The number of nitro groups is 2. The summed E-state index contributed by atoms with van der Waals surface area (Å²) in [6.07, 6.45) is 4.63. The van der Waals surface area contributed by atoms with Gasteiger partial charge in [-0.05, 0) is 6.07 Å². The van der Waals surface area contributed by atoms with Crippen molar-refractivity contribution < 1.29 is 31.7 Å². The number of nitro benzene ring substituents is 2. The predicted molar refractivity (Wildman–Crippen MR) is 75.9 cm³/mol. The lowest BCUT2D eigenvalue weighted by molar-refractivity contribution is -0.601. The van der Waals surface area contributed by atoms with E-state index in [-0.39, 0.29) is 29.5 Å². The third-order valence-corrected chi connectivity index (χ3v) is 2.78. The molecule has 0 N–H and O–H groups in total. The van der Waals surface area contributed by atoms with Crippen LogP contribution in [0, 0.1) is 20.2 Å². The quantitative estimate of drug-likeness (QED) is 0.293. The van der Waals surface area contributed by atoms with Crippen molar-refractivity contribution in [2.24, 2.45) is 5.16 Å². The van der Waals surface area contributed by atoms with Crippen LogP contribution in [0.1, 0.15) is 5.56 Å². The third-order valence-electron chi connectivity index (χ3n) is 2.78. The maximum atomic E-state index is 11.2. The molecule has 0 spiro atoms. The van der Waals surface area contributed by atoms with Crippen molar-refractivity contribution in [1.82, 2.24) is 0 Å². The molecule has 1 heterocycles. The molecule has 9 nitrogen and oxygen atoms in total. The Labute approximate surface area is 136 Å². The topological polar surface area (TPSA) is 112 Å². The Balaban J connectivity index is 0.00000264. The SMILES string of the molecule is CON=Cc1ccc[n+](-c2ccc([N+](=O)[O-])cc2[N+](=O)[O-])c1.[Cl-]. The predicted octanol–water partition coefficient (Wildman–Crippen LogP) is -1.24. The highest BCUT2D eigenvalue weighted by Gasteiger charge is 2.26. The van der Waals surface area contributed by atoms with E-state index >= 15 is 0 Å². The second kappa shape index (κ2) is 7.80. The number of hydrogen-bond donors (Lipinski definition) is 0. The number of rotatable bonds is 5. The van der Waals surface area contributed by atoms with Gasteiger partial charge in [-0.2, -0.15) is 4.57 Å². The molecule has 0 amide bonds. The minimum Gasteiger partial charge on any atom is -1.00 e. The Hall–Kier alpha value is -3.07. The van der Waals surface area contributed by atoms with E-state index in [2.05, 4.69) is 9.99 Å². The zero-order valence-corrected chi connectivity index (χ0v) is 12.6. The van der Waals surface area contributed by atoms with Crippen LogP contribution in [0.4, 0.5) is 11.4 Å². The monoisotopic (exact) mass is 338 g/mol. The van der Waals surface area contributed by atoms with Crippen molar-refractivity contribution in [3.8, 4) is 5.69 Å². The van der Waals surface area contributed by atoms with Crippen LogP contribution in [-0.2, 0) is 4.84 Å². The van der Waals surface area contributed by atoms with E-state index in [0.29, 0.717) is 5.56 Å². The number of aromatic nitrogens is 1. The first kappa shape index (κ1) is 18.0. The number of non-ortho nitro benzene ring substituents is 1. The summed E-state index contributed by atoms with van der Waals surface area (Å²) in [6, 6.07) is 6.87. The molecule has 0 bridgehead atoms. The van der Waals surface area contributed by atoms with Gasteiger partial charge in [0.1, 0.15) is 13.2 Å². The number of hydrogen-bond acceptors (Lipinski definition) is 6. The van der Waals surface area contributed by atoms with E-state index in [4.69, 9.17) is 0 Å². The number of oxime groups is 1. The van der Waals surface area contributed by atoms with Gasteiger partial charge in [0.05, 0.1) is 21.6 Å². The second-order valence-electron chi connectivity index (χ2n) is 4.15. The summed E-state index contributed by atoms with van der Waals surface area (Å²) in [7, 11) is 1.40. The first-order valence-corrected chi connectivity index (χ1v) is 6.04. The van der Waals surface area contributed by atoms with Gasteiger partial charge >= 0.3 is 5.69 Å². The van der Waals surface area contributed by atoms with Gasteiger partial charge in [-0.3, -0.25) is 20.2 Å².